The molecule has 1 aliphatic rings. The molecule has 0 atom stereocenters. The molecule has 3 aromatic heterocycles. The van der Waals surface area contributed by atoms with Crippen molar-refractivity contribution < 1.29 is 8.42 Å². The fourth-order valence-electron chi connectivity index (χ4n) is 4.10. The SMILES string of the molecule is CNc1nc(C)c(-c2nc(Nc3cccc(N4CCCNCC4)c3)nc(S(=O)(=O)n3ccnn3)c2C#N)s1. The van der Waals surface area contributed by atoms with Crippen molar-refractivity contribution in [3.63, 3.8) is 0 Å². The van der Waals surface area contributed by atoms with Crippen LogP contribution in [0.1, 0.15) is 17.7 Å². The number of aromatic nitrogens is 6. The zero-order valence-corrected chi connectivity index (χ0v) is 22.3. The van der Waals surface area contributed by atoms with Crippen LogP contribution in [0, 0.1) is 18.3 Å². The van der Waals surface area contributed by atoms with Crippen molar-refractivity contribution in [3.8, 4) is 16.6 Å². The second-order valence-corrected chi connectivity index (χ2v) is 11.1. The molecule has 1 aliphatic heterocycles. The predicted molar refractivity (Wildman–Crippen MR) is 144 cm³/mol. The normalized spacial score (nSPS) is 14.1. The highest BCUT2D eigenvalue weighted by Crippen LogP contribution is 2.36. The number of nitrogens with one attached hydrogen (secondary N) is 3. The zero-order valence-electron chi connectivity index (χ0n) is 20.7. The highest BCUT2D eigenvalue weighted by atomic mass is 32.2. The van der Waals surface area contributed by atoms with E-state index >= 15 is 0 Å². The summed E-state index contributed by atoms with van der Waals surface area (Å²) in [4.78, 5) is 16.2. The Balaban J connectivity index is 1.62. The Bertz CT molecular complexity index is 1590. The van der Waals surface area contributed by atoms with Crippen molar-refractivity contribution in [3.05, 3.63) is 47.9 Å². The van der Waals surface area contributed by atoms with Gasteiger partial charge in [-0.25, -0.2) is 9.97 Å². The molecule has 1 saturated heterocycles. The number of rotatable bonds is 7. The van der Waals surface area contributed by atoms with Gasteiger partial charge >= 0.3 is 10.0 Å². The Kier molecular flexibility index (Phi) is 7.18. The molecule has 5 rings (SSSR count). The number of benzene rings is 1. The van der Waals surface area contributed by atoms with Crippen LogP contribution in [0.4, 0.5) is 22.5 Å². The Morgan fingerprint density at radius 1 is 1.18 bits per heavy atom. The van der Waals surface area contributed by atoms with E-state index in [1.807, 2.05) is 30.3 Å². The molecule has 0 amide bonds. The largest absolute Gasteiger partial charge is 0.370 e. The van der Waals surface area contributed by atoms with Gasteiger partial charge in [0, 0.05) is 38.1 Å². The molecule has 1 fully saturated rings. The number of hydrogen-bond donors (Lipinski definition) is 3. The summed E-state index contributed by atoms with van der Waals surface area (Å²) < 4.78 is 27.6. The standard InChI is InChI=1S/C23H25N11O2S2/c1-15-20(37-23(25-2)28-15)19-18(14-24)21(38(35,36)34-12-9-27-32-34)31-22(30-19)29-16-5-3-6-17(13-16)33-10-4-7-26-8-11-33/h3,5-6,9,12-13,26H,4,7-8,10-11H2,1-2H3,(H,25,28)(H,29,30,31). The van der Waals surface area contributed by atoms with Gasteiger partial charge in [-0.15, -0.1) is 9.19 Å². The molecule has 13 nitrogen and oxygen atoms in total. The van der Waals surface area contributed by atoms with Crippen molar-refractivity contribution in [2.45, 2.75) is 18.4 Å². The Morgan fingerprint density at radius 2 is 2.05 bits per heavy atom. The van der Waals surface area contributed by atoms with Gasteiger partial charge in [0.15, 0.2) is 5.13 Å². The van der Waals surface area contributed by atoms with Gasteiger partial charge < -0.3 is 20.9 Å². The number of thiazole rings is 1. The highest BCUT2D eigenvalue weighted by Gasteiger charge is 2.30. The first-order valence-electron chi connectivity index (χ1n) is 11.8. The minimum Gasteiger partial charge on any atom is -0.370 e. The summed E-state index contributed by atoms with van der Waals surface area (Å²) in [5.74, 6) is 0.0196. The molecule has 3 N–H and O–H groups in total. The summed E-state index contributed by atoms with van der Waals surface area (Å²) in [5, 5.41) is 26.9. The van der Waals surface area contributed by atoms with Crippen LogP contribution in [-0.4, -0.2) is 71.0 Å². The minimum absolute atomic E-state index is 0.0196. The topological polar surface area (TPSA) is 167 Å². The maximum Gasteiger partial charge on any atom is 0.303 e. The van der Waals surface area contributed by atoms with E-state index in [0.29, 0.717) is 25.5 Å². The van der Waals surface area contributed by atoms with Gasteiger partial charge in [0.25, 0.3) is 0 Å². The number of nitriles is 1. The van der Waals surface area contributed by atoms with Crippen LogP contribution in [0.25, 0.3) is 10.6 Å². The highest BCUT2D eigenvalue weighted by molar-refractivity contribution is 7.89. The smallest absolute Gasteiger partial charge is 0.303 e. The Morgan fingerprint density at radius 3 is 2.79 bits per heavy atom. The molecule has 0 bridgehead atoms. The van der Waals surface area contributed by atoms with Crippen molar-refractivity contribution >= 4 is 43.8 Å². The van der Waals surface area contributed by atoms with Gasteiger partial charge in [-0.1, -0.05) is 22.6 Å². The summed E-state index contributed by atoms with van der Waals surface area (Å²) in [7, 11) is -2.61. The second-order valence-electron chi connectivity index (χ2n) is 8.42. The van der Waals surface area contributed by atoms with Gasteiger partial charge in [-0.3, -0.25) is 0 Å². The monoisotopic (exact) mass is 551 g/mol. The van der Waals surface area contributed by atoms with E-state index in [4.69, 9.17) is 0 Å². The molecule has 38 heavy (non-hydrogen) atoms. The lowest BCUT2D eigenvalue weighted by atomic mass is 10.2. The molecular weight excluding hydrogens is 526 g/mol. The van der Waals surface area contributed by atoms with E-state index in [-0.39, 0.29) is 17.2 Å². The first kappa shape index (κ1) is 25.5. The van der Waals surface area contributed by atoms with Crippen molar-refractivity contribution in [2.24, 2.45) is 0 Å². The van der Waals surface area contributed by atoms with E-state index in [2.05, 4.69) is 46.1 Å². The van der Waals surface area contributed by atoms with Crippen LogP contribution in [0.3, 0.4) is 0 Å². The molecule has 0 unspecified atom stereocenters. The second kappa shape index (κ2) is 10.7. The predicted octanol–water partition coefficient (Wildman–Crippen LogP) is 2.19. The minimum atomic E-state index is -4.34. The lowest BCUT2D eigenvalue weighted by Crippen LogP contribution is -2.27. The van der Waals surface area contributed by atoms with Gasteiger partial charge in [-0.05, 0) is 38.1 Å². The molecule has 15 heteroatoms. The maximum atomic E-state index is 13.5. The maximum absolute atomic E-state index is 13.5. The number of anilines is 4. The van der Waals surface area contributed by atoms with Crippen molar-refractivity contribution in [1.82, 2.24) is 34.7 Å². The van der Waals surface area contributed by atoms with E-state index in [1.54, 1.807) is 14.0 Å². The van der Waals surface area contributed by atoms with Gasteiger partial charge in [0.2, 0.25) is 11.0 Å². The molecule has 0 spiro atoms. The molecule has 1 aromatic carbocycles. The molecular formula is C23H25N11O2S2. The summed E-state index contributed by atoms with van der Waals surface area (Å²) in [5.41, 5.74) is 2.26. The number of hydrogen-bond acceptors (Lipinski definition) is 13. The summed E-state index contributed by atoms with van der Waals surface area (Å²) in [6.07, 6.45) is 3.45. The molecule has 4 aromatic rings. The first-order valence-corrected chi connectivity index (χ1v) is 14.1. The quantitative estimate of drug-likeness (QED) is 0.287. The first-order chi connectivity index (χ1) is 18.4. The third-order valence-electron chi connectivity index (χ3n) is 5.91. The average molecular weight is 552 g/mol. The van der Waals surface area contributed by atoms with Crippen LogP contribution < -0.4 is 20.9 Å². The third-order valence-corrected chi connectivity index (χ3v) is 8.56. The van der Waals surface area contributed by atoms with Crippen LogP contribution in [0.5, 0.6) is 0 Å². The van der Waals surface area contributed by atoms with Crippen molar-refractivity contribution in [1.29, 1.82) is 5.26 Å². The lowest BCUT2D eigenvalue weighted by molar-refractivity contribution is 0.572. The van der Waals surface area contributed by atoms with E-state index in [1.165, 1.54) is 23.7 Å². The molecule has 4 heterocycles. The summed E-state index contributed by atoms with van der Waals surface area (Å²) in [6.45, 7) is 5.44. The van der Waals surface area contributed by atoms with Crippen molar-refractivity contribution in [2.75, 3.05) is 48.8 Å². The van der Waals surface area contributed by atoms with Gasteiger partial charge in [-0.2, -0.15) is 18.7 Å². The fourth-order valence-corrected chi connectivity index (χ4v) is 6.15. The zero-order chi connectivity index (χ0) is 26.7. The third kappa shape index (κ3) is 5.01. The van der Waals surface area contributed by atoms with E-state index in [9.17, 15) is 13.7 Å². The lowest BCUT2D eigenvalue weighted by Gasteiger charge is -2.23. The van der Waals surface area contributed by atoms with Crippen LogP contribution >= 0.6 is 11.3 Å². The molecule has 196 valence electrons. The van der Waals surface area contributed by atoms with Gasteiger partial charge in [0.1, 0.15) is 17.3 Å². The summed E-state index contributed by atoms with van der Waals surface area (Å²) in [6, 6.07) is 9.75. The number of aryl methyl sites for hydroxylation is 1. The fraction of sp³-hybridized carbons (Fsp3) is 0.304. The summed E-state index contributed by atoms with van der Waals surface area (Å²) >= 11 is 1.26. The van der Waals surface area contributed by atoms with Crippen LogP contribution in [0.15, 0.2) is 41.7 Å². The average Bonchev–Trinajstić information content (AvgIpc) is 3.52. The van der Waals surface area contributed by atoms with Crippen LogP contribution in [-0.2, 0) is 10.0 Å². The Hall–Kier alpha value is -4.13. The molecule has 0 aliphatic carbocycles. The molecule has 0 saturated carbocycles. The van der Waals surface area contributed by atoms with Crippen LogP contribution in [0.2, 0.25) is 0 Å². The number of nitrogens with zero attached hydrogens (tertiary/aromatic N) is 8. The van der Waals surface area contributed by atoms with Gasteiger partial charge in [0.05, 0.1) is 23.0 Å². The van der Waals surface area contributed by atoms with E-state index in [0.717, 1.165) is 38.3 Å². The Labute approximate surface area is 223 Å². The van der Waals surface area contributed by atoms with E-state index < -0.39 is 15.0 Å². The molecule has 0 radical (unpaired) electrons.